The first kappa shape index (κ1) is 11.6. The fourth-order valence-electron chi connectivity index (χ4n) is 2.01. The van der Waals surface area contributed by atoms with Crippen molar-refractivity contribution in [2.45, 2.75) is 19.3 Å². The molecule has 0 amide bonds. The molecule has 1 aliphatic rings. The van der Waals surface area contributed by atoms with Gasteiger partial charge in [-0.3, -0.25) is 0 Å². The summed E-state index contributed by atoms with van der Waals surface area (Å²) in [7, 11) is 2.08. The molecule has 1 aromatic rings. The molecule has 0 fully saturated rings. The van der Waals surface area contributed by atoms with E-state index in [1.165, 1.54) is 16.9 Å². The Balaban J connectivity index is 0.000000980. The molecule has 0 saturated carbocycles. The predicted octanol–water partition coefficient (Wildman–Crippen LogP) is 3.55. The van der Waals surface area contributed by atoms with Crippen molar-refractivity contribution in [2.24, 2.45) is 0 Å². The van der Waals surface area contributed by atoms with Crippen LogP contribution in [0.5, 0.6) is 0 Å². The monoisotopic (exact) mass is 301 g/mol. The molecule has 2 heteroatoms. The maximum absolute atomic E-state index is 4.13. The molecule has 1 aromatic carbocycles. The summed E-state index contributed by atoms with van der Waals surface area (Å²) in [4.78, 5) is 2.18. The fraction of sp³-hybridized carbons (Fsp3) is 0.333. The molecule has 1 nitrogen and oxygen atoms in total. The van der Waals surface area contributed by atoms with Crippen LogP contribution < -0.4 is 4.90 Å². The first-order valence-corrected chi connectivity index (χ1v) is 4.58. The van der Waals surface area contributed by atoms with E-state index in [2.05, 4.69) is 56.6 Å². The molecule has 14 heavy (non-hydrogen) atoms. The van der Waals surface area contributed by atoms with E-state index >= 15 is 0 Å². The van der Waals surface area contributed by atoms with Gasteiger partial charge in [-0.1, -0.05) is 38.6 Å². The number of likely N-dealkylation sites (N-methyl/N-ethyl adjacent to an activating group) is 1. The van der Waals surface area contributed by atoms with Crippen LogP contribution >= 0.6 is 24.0 Å². The number of rotatable bonds is 0. The second-order valence-electron chi connectivity index (χ2n) is 4.15. The summed E-state index contributed by atoms with van der Waals surface area (Å²) < 4.78 is 0. The van der Waals surface area contributed by atoms with Gasteiger partial charge in [0.2, 0.25) is 0 Å². The van der Waals surface area contributed by atoms with E-state index in [9.17, 15) is 0 Å². The van der Waals surface area contributed by atoms with E-state index in [1.54, 1.807) is 0 Å². The lowest BCUT2D eigenvalue weighted by molar-refractivity contribution is 0.643. The minimum absolute atomic E-state index is 0. The number of nitrogens with zero attached hydrogens (tertiary/aromatic N) is 1. The molecule has 0 aromatic heterocycles. The van der Waals surface area contributed by atoms with Gasteiger partial charge in [0.1, 0.15) is 0 Å². The van der Waals surface area contributed by atoms with Crippen molar-refractivity contribution >= 4 is 29.7 Å². The zero-order valence-electron chi connectivity index (χ0n) is 8.87. The lowest BCUT2D eigenvalue weighted by atomic mass is 9.85. The second-order valence-corrected chi connectivity index (χ2v) is 4.15. The molecule has 2 rings (SSSR count). The van der Waals surface area contributed by atoms with Crippen molar-refractivity contribution in [1.29, 1.82) is 0 Å². The van der Waals surface area contributed by atoms with Crippen LogP contribution in [0.3, 0.4) is 0 Å². The summed E-state index contributed by atoms with van der Waals surface area (Å²) in [5.41, 5.74) is 3.93. The van der Waals surface area contributed by atoms with Crippen LogP contribution in [0.15, 0.2) is 36.5 Å². The number of anilines is 1. The summed E-state index contributed by atoms with van der Waals surface area (Å²) >= 11 is 0. The van der Waals surface area contributed by atoms with E-state index in [0.29, 0.717) is 0 Å². The third-order valence-electron chi connectivity index (χ3n) is 3.07. The van der Waals surface area contributed by atoms with Crippen LogP contribution in [0.4, 0.5) is 5.69 Å². The highest BCUT2D eigenvalue weighted by molar-refractivity contribution is 14.0. The maximum Gasteiger partial charge on any atom is 0.0447 e. The number of benzene rings is 1. The van der Waals surface area contributed by atoms with Crippen molar-refractivity contribution in [3.05, 3.63) is 42.1 Å². The number of para-hydroxylation sites is 1. The predicted molar refractivity (Wildman–Crippen MR) is 72.4 cm³/mol. The third-order valence-corrected chi connectivity index (χ3v) is 3.07. The minimum atomic E-state index is 0. The molecule has 0 bridgehead atoms. The van der Waals surface area contributed by atoms with E-state index in [-0.39, 0.29) is 29.4 Å². The Hall–Kier alpha value is -0.510. The molecular weight excluding hydrogens is 285 g/mol. The Morgan fingerprint density at radius 3 is 2.36 bits per heavy atom. The van der Waals surface area contributed by atoms with Gasteiger partial charge in [-0.15, -0.1) is 24.0 Å². The molecule has 0 unspecified atom stereocenters. The van der Waals surface area contributed by atoms with Gasteiger partial charge in [0.15, 0.2) is 0 Å². The highest BCUT2D eigenvalue weighted by atomic mass is 127. The molecular formula is C12H16IN. The van der Waals surface area contributed by atoms with Crippen LogP contribution in [0.1, 0.15) is 19.4 Å². The molecule has 0 aliphatic carbocycles. The third kappa shape index (κ3) is 1.36. The maximum atomic E-state index is 4.13. The number of hydrogen-bond acceptors (Lipinski definition) is 1. The van der Waals surface area contributed by atoms with E-state index in [4.69, 9.17) is 0 Å². The van der Waals surface area contributed by atoms with Crippen LogP contribution in [0, 0.1) is 0 Å². The molecule has 1 heterocycles. The molecule has 1 aliphatic heterocycles. The van der Waals surface area contributed by atoms with Gasteiger partial charge in [-0.05, 0) is 11.6 Å². The lowest BCUT2D eigenvalue weighted by Crippen LogP contribution is -2.21. The van der Waals surface area contributed by atoms with E-state index in [1.807, 2.05) is 0 Å². The van der Waals surface area contributed by atoms with Crippen molar-refractivity contribution in [2.75, 3.05) is 11.9 Å². The molecule has 76 valence electrons. The van der Waals surface area contributed by atoms with Gasteiger partial charge in [0.05, 0.1) is 0 Å². The lowest BCUT2D eigenvalue weighted by Gasteiger charge is -2.22. The van der Waals surface area contributed by atoms with Gasteiger partial charge < -0.3 is 4.90 Å². The van der Waals surface area contributed by atoms with E-state index < -0.39 is 0 Å². The average Bonchev–Trinajstić information content (AvgIpc) is 2.30. The highest BCUT2D eigenvalue weighted by Crippen LogP contribution is 2.45. The van der Waals surface area contributed by atoms with Crippen LogP contribution in [0.2, 0.25) is 0 Å². The van der Waals surface area contributed by atoms with Crippen molar-refractivity contribution < 1.29 is 0 Å². The quantitative estimate of drug-likeness (QED) is 0.662. The van der Waals surface area contributed by atoms with Gasteiger partial charge in [0, 0.05) is 23.8 Å². The normalized spacial score (nSPS) is 17.6. The zero-order chi connectivity index (χ0) is 9.64. The number of allylic oxidation sites excluding steroid dienone is 1. The average molecular weight is 301 g/mol. The largest absolute Gasteiger partial charge is 0.348 e. The first-order chi connectivity index (χ1) is 6.05. The first-order valence-electron chi connectivity index (χ1n) is 4.58. The topological polar surface area (TPSA) is 3.24 Å². The van der Waals surface area contributed by atoms with Gasteiger partial charge >= 0.3 is 0 Å². The van der Waals surface area contributed by atoms with E-state index in [0.717, 1.165) is 0 Å². The molecule has 0 atom stereocenters. The smallest absolute Gasteiger partial charge is 0.0447 e. The number of halogens is 1. The molecule has 0 N–H and O–H groups in total. The number of fused-ring (bicyclic) bond motifs is 1. The minimum Gasteiger partial charge on any atom is -0.348 e. The van der Waals surface area contributed by atoms with Gasteiger partial charge in [0.25, 0.3) is 0 Å². The Morgan fingerprint density at radius 1 is 1.21 bits per heavy atom. The van der Waals surface area contributed by atoms with Gasteiger partial charge in [-0.2, -0.15) is 0 Å². The van der Waals surface area contributed by atoms with Crippen molar-refractivity contribution in [1.82, 2.24) is 0 Å². The summed E-state index contributed by atoms with van der Waals surface area (Å²) in [5, 5.41) is 0. The van der Waals surface area contributed by atoms with Gasteiger partial charge in [-0.25, -0.2) is 0 Å². The Bertz CT molecular complexity index is 368. The molecule has 0 radical (unpaired) electrons. The van der Waals surface area contributed by atoms with Crippen LogP contribution in [-0.4, -0.2) is 7.05 Å². The summed E-state index contributed by atoms with van der Waals surface area (Å²) in [6.45, 7) is 8.57. The Kier molecular flexibility index (Phi) is 2.95. The van der Waals surface area contributed by atoms with Crippen molar-refractivity contribution in [3.8, 4) is 0 Å². The summed E-state index contributed by atoms with van der Waals surface area (Å²) in [6, 6.07) is 8.50. The summed E-state index contributed by atoms with van der Waals surface area (Å²) in [5.74, 6) is 0. The Labute approximate surface area is 103 Å². The van der Waals surface area contributed by atoms with Crippen molar-refractivity contribution in [3.63, 3.8) is 0 Å². The Morgan fingerprint density at radius 2 is 1.79 bits per heavy atom. The van der Waals surface area contributed by atoms with Crippen LogP contribution in [-0.2, 0) is 5.41 Å². The second kappa shape index (κ2) is 3.57. The standard InChI is InChI=1S/C12H15N.HI/c1-9-12(2,3)10-7-5-6-8-11(10)13(9)4;/h5-8H,1H2,2-4H3;1H. The molecule has 0 spiro atoms. The summed E-state index contributed by atoms with van der Waals surface area (Å²) in [6.07, 6.45) is 0. The van der Waals surface area contributed by atoms with Crippen LogP contribution in [0.25, 0.3) is 0 Å². The SMILES string of the molecule is C=C1N(C)c2ccccc2C1(C)C.I. The molecule has 0 saturated heterocycles. The zero-order valence-corrected chi connectivity index (χ0v) is 11.2. The number of hydrogen-bond donors (Lipinski definition) is 0. The highest BCUT2D eigenvalue weighted by Gasteiger charge is 2.36. The fourth-order valence-corrected chi connectivity index (χ4v) is 2.01.